The fourth-order valence-corrected chi connectivity index (χ4v) is 3.45. The summed E-state index contributed by atoms with van der Waals surface area (Å²) in [6.45, 7) is 1.63. The van der Waals surface area contributed by atoms with Crippen LogP contribution in [0.4, 0.5) is 4.79 Å². The van der Waals surface area contributed by atoms with Crippen molar-refractivity contribution in [3.05, 3.63) is 34.9 Å². The molecule has 0 saturated carbocycles. The van der Waals surface area contributed by atoms with E-state index in [1.807, 2.05) is 12.1 Å². The highest BCUT2D eigenvalue weighted by molar-refractivity contribution is 6.30. The van der Waals surface area contributed by atoms with Crippen molar-refractivity contribution in [2.24, 2.45) is 5.92 Å². The van der Waals surface area contributed by atoms with Gasteiger partial charge in [-0.15, -0.1) is 0 Å². The summed E-state index contributed by atoms with van der Waals surface area (Å²) in [6.07, 6.45) is 0.723. The van der Waals surface area contributed by atoms with E-state index in [4.69, 9.17) is 16.7 Å². The summed E-state index contributed by atoms with van der Waals surface area (Å²) in [5, 5.41) is 12.6. The molecule has 2 aliphatic rings. The van der Waals surface area contributed by atoms with E-state index in [1.54, 1.807) is 21.9 Å². The number of rotatable bonds is 4. The Labute approximate surface area is 150 Å². The zero-order valence-corrected chi connectivity index (χ0v) is 14.4. The molecular formula is C17H20ClN3O4. The van der Waals surface area contributed by atoms with E-state index in [9.17, 15) is 14.4 Å². The number of hydrogen-bond donors (Lipinski definition) is 2. The second kappa shape index (κ2) is 7.31. The highest BCUT2D eigenvalue weighted by atomic mass is 35.5. The average Bonchev–Trinajstić information content (AvgIpc) is 3.20. The van der Waals surface area contributed by atoms with Crippen molar-refractivity contribution in [1.82, 2.24) is 15.1 Å². The van der Waals surface area contributed by atoms with E-state index < -0.39 is 11.9 Å². The minimum atomic E-state index is -0.939. The Morgan fingerprint density at radius 2 is 1.96 bits per heavy atom. The molecule has 0 aliphatic carbocycles. The zero-order chi connectivity index (χ0) is 18.0. The number of amides is 3. The van der Waals surface area contributed by atoms with Crippen LogP contribution in [0.5, 0.6) is 0 Å². The number of carbonyl (C=O) groups excluding carboxylic acids is 2. The third kappa shape index (κ3) is 4.04. The molecule has 2 unspecified atom stereocenters. The number of nitrogens with one attached hydrogen (secondary N) is 1. The lowest BCUT2D eigenvalue weighted by atomic mass is 10.1. The molecule has 1 aromatic rings. The second-order valence-electron chi connectivity index (χ2n) is 6.46. The molecule has 25 heavy (non-hydrogen) atoms. The third-order valence-corrected chi connectivity index (χ3v) is 5.01. The molecule has 8 heteroatoms. The number of halogens is 1. The lowest BCUT2D eigenvalue weighted by Crippen LogP contribution is -2.42. The molecule has 2 fully saturated rings. The first-order valence-electron chi connectivity index (χ1n) is 8.23. The lowest BCUT2D eigenvalue weighted by Gasteiger charge is -2.24. The molecule has 3 rings (SSSR count). The van der Waals surface area contributed by atoms with E-state index in [1.165, 1.54) is 0 Å². The summed E-state index contributed by atoms with van der Waals surface area (Å²) in [7, 11) is 0. The smallest absolute Gasteiger partial charge is 0.317 e. The van der Waals surface area contributed by atoms with Crippen LogP contribution in [0.15, 0.2) is 24.3 Å². The molecule has 2 atom stereocenters. The number of carboxylic acid groups (broad SMARTS) is 1. The minimum absolute atomic E-state index is 0.0502. The molecule has 134 valence electrons. The molecule has 3 amide bonds. The van der Waals surface area contributed by atoms with Crippen LogP contribution in [-0.4, -0.2) is 58.5 Å². The molecule has 2 saturated heterocycles. The predicted octanol–water partition coefficient (Wildman–Crippen LogP) is 1.56. The van der Waals surface area contributed by atoms with Gasteiger partial charge < -0.3 is 20.2 Å². The van der Waals surface area contributed by atoms with Crippen LogP contribution in [-0.2, 0) is 16.1 Å². The summed E-state index contributed by atoms with van der Waals surface area (Å²) in [4.78, 5) is 38.7. The van der Waals surface area contributed by atoms with Crippen LogP contribution in [0.25, 0.3) is 0 Å². The highest BCUT2D eigenvalue weighted by Crippen LogP contribution is 2.25. The van der Waals surface area contributed by atoms with Crippen LogP contribution in [0.1, 0.15) is 18.4 Å². The quantitative estimate of drug-likeness (QED) is 0.847. The van der Waals surface area contributed by atoms with Gasteiger partial charge in [0.15, 0.2) is 0 Å². The molecule has 0 radical (unpaired) electrons. The van der Waals surface area contributed by atoms with Gasteiger partial charge in [0.2, 0.25) is 5.91 Å². The maximum atomic E-state index is 12.3. The molecule has 2 aliphatic heterocycles. The SMILES string of the molecule is O=C(O)C1CC(=O)N(C2CCN(C(=O)NCc3ccc(Cl)cc3)C2)C1. The number of urea groups is 1. The first-order chi connectivity index (χ1) is 11.9. The van der Waals surface area contributed by atoms with Crippen LogP contribution in [0, 0.1) is 5.92 Å². The van der Waals surface area contributed by atoms with Gasteiger partial charge in [0.1, 0.15) is 0 Å². The Balaban J connectivity index is 1.50. The van der Waals surface area contributed by atoms with Gasteiger partial charge in [-0.05, 0) is 24.1 Å². The van der Waals surface area contributed by atoms with Gasteiger partial charge in [-0.2, -0.15) is 0 Å². The van der Waals surface area contributed by atoms with Gasteiger partial charge in [0.25, 0.3) is 0 Å². The van der Waals surface area contributed by atoms with Gasteiger partial charge >= 0.3 is 12.0 Å². The van der Waals surface area contributed by atoms with Crippen molar-refractivity contribution in [3.8, 4) is 0 Å². The van der Waals surface area contributed by atoms with E-state index >= 15 is 0 Å². The van der Waals surface area contributed by atoms with Crippen LogP contribution in [0.2, 0.25) is 5.02 Å². The van der Waals surface area contributed by atoms with Gasteiger partial charge in [-0.1, -0.05) is 23.7 Å². The fraction of sp³-hybridized carbons (Fsp3) is 0.471. The molecule has 7 nitrogen and oxygen atoms in total. The summed E-state index contributed by atoms with van der Waals surface area (Å²) < 4.78 is 0. The van der Waals surface area contributed by atoms with Crippen molar-refractivity contribution in [1.29, 1.82) is 0 Å². The fourth-order valence-electron chi connectivity index (χ4n) is 3.32. The van der Waals surface area contributed by atoms with Crippen molar-refractivity contribution in [2.45, 2.75) is 25.4 Å². The highest BCUT2D eigenvalue weighted by Gasteiger charge is 2.40. The maximum absolute atomic E-state index is 12.3. The number of carbonyl (C=O) groups is 3. The Morgan fingerprint density at radius 3 is 2.60 bits per heavy atom. The average molecular weight is 366 g/mol. The van der Waals surface area contributed by atoms with Gasteiger partial charge in [-0.3, -0.25) is 9.59 Å². The van der Waals surface area contributed by atoms with Crippen LogP contribution >= 0.6 is 11.6 Å². The van der Waals surface area contributed by atoms with E-state index in [0.717, 1.165) is 5.56 Å². The Bertz CT molecular complexity index is 679. The van der Waals surface area contributed by atoms with Crippen molar-refractivity contribution in [2.75, 3.05) is 19.6 Å². The van der Waals surface area contributed by atoms with E-state index in [-0.39, 0.29) is 30.9 Å². The molecule has 2 N–H and O–H groups in total. The van der Waals surface area contributed by atoms with E-state index in [2.05, 4.69) is 5.32 Å². The molecular weight excluding hydrogens is 346 g/mol. The second-order valence-corrected chi connectivity index (χ2v) is 6.90. The van der Waals surface area contributed by atoms with Gasteiger partial charge in [-0.25, -0.2) is 4.79 Å². The normalized spacial score (nSPS) is 23.2. The first-order valence-corrected chi connectivity index (χ1v) is 8.61. The standard InChI is InChI=1S/C17H20ClN3O4/c18-13-3-1-11(2-4-13)8-19-17(25)20-6-5-14(10-20)21-9-12(16(23)24)7-15(21)22/h1-4,12,14H,5-10H2,(H,19,25)(H,23,24). The summed E-state index contributed by atoms with van der Waals surface area (Å²) in [5.41, 5.74) is 0.951. The number of nitrogens with zero attached hydrogens (tertiary/aromatic N) is 2. The lowest BCUT2D eigenvalue weighted by molar-refractivity contribution is -0.141. The number of carboxylic acids is 1. The summed E-state index contributed by atoms with van der Waals surface area (Å²) in [5.74, 6) is -1.72. The van der Waals surface area contributed by atoms with Gasteiger partial charge in [0, 0.05) is 37.6 Å². The molecule has 2 heterocycles. The minimum Gasteiger partial charge on any atom is -0.481 e. The largest absolute Gasteiger partial charge is 0.481 e. The van der Waals surface area contributed by atoms with Crippen molar-refractivity contribution < 1.29 is 19.5 Å². The topological polar surface area (TPSA) is 90.0 Å². The van der Waals surface area contributed by atoms with Gasteiger partial charge in [0.05, 0.1) is 12.0 Å². The Kier molecular flexibility index (Phi) is 5.13. The number of likely N-dealkylation sites (tertiary alicyclic amines) is 2. The maximum Gasteiger partial charge on any atom is 0.317 e. The van der Waals surface area contributed by atoms with E-state index in [0.29, 0.717) is 31.1 Å². The van der Waals surface area contributed by atoms with Crippen molar-refractivity contribution in [3.63, 3.8) is 0 Å². The van der Waals surface area contributed by atoms with Crippen molar-refractivity contribution >= 4 is 29.5 Å². The predicted molar refractivity (Wildman–Crippen MR) is 91.1 cm³/mol. The molecule has 0 spiro atoms. The summed E-state index contributed by atoms with van der Waals surface area (Å²) in [6, 6.07) is 6.96. The monoisotopic (exact) mass is 365 g/mol. The summed E-state index contributed by atoms with van der Waals surface area (Å²) >= 11 is 5.83. The number of hydrogen-bond acceptors (Lipinski definition) is 3. The first kappa shape index (κ1) is 17.5. The molecule has 0 aromatic heterocycles. The number of benzene rings is 1. The Morgan fingerprint density at radius 1 is 1.24 bits per heavy atom. The Hall–Kier alpha value is -2.28. The van der Waals surface area contributed by atoms with Crippen LogP contribution in [0.3, 0.4) is 0 Å². The van der Waals surface area contributed by atoms with Crippen LogP contribution < -0.4 is 5.32 Å². The number of aliphatic carboxylic acids is 1. The zero-order valence-electron chi connectivity index (χ0n) is 13.7. The molecule has 1 aromatic carbocycles. The third-order valence-electron chi connectivity index (χ3n) is 4.76. The molecule has 0 bridgehead atoms.